The molecule has 0 spiro atoms. The number of para-hydroxylation sites is 2. The number of carboxylic acids is 1. The number of aliphatic carboxylic acids is 1. The topological polar surface area (TPSA) is 81.5 Å². The van der Waals surface area contributed by atoms with E-state index in [2.05, 4.69) is 9.97 Å². The van der Waals surface area contributed by atoms with Gasteiger partial charge in [-0.05, 0) is 42.8 Å². The zero-order chi connectivity index (χ0) is 18.5. The molecule has 6 heteroatoms. The average molecular weight is 350 g/mol. The Labute approximate surface area is 150 Å². The monoisotopic (exact) mass is 350 g/mol. The average Bonchev–Trinajstić information content (AvgIpc) is 2.64. The number of aryl methyl sites for hydroxylation is 1. The second-order valence-electron chi connectivity index (χ2n) is 5.61. The normalized spacial score (nSPS) is 11.0. The van der Waals surface area contributed by atoms with E-state index in [9.17, 15) is 4.79 Å². The van der Waals surface area contributed by atoms with Gasteiger partial charge in [0.2, 0.25) is 0 Å². The zero-order valence-electron chi connectivity index (χ0n) is 14.5. The summed E-state index contributed by atoms with van der Waals surface area (Å²) in [5.74, 6) is 0.0629. The predicted molar refractivity (Wildman–Crippen MR) is 98.3 cm³/mol. The van der Waals surface area contributed by atoms with Crippen molar-refractivity contribution >= 4 is 23.1 Å². The van der Waals surface area contributed by atoms with Gasteiger partial charge in [0.05, 0.1) is 29.5 Å². The van der Waals surface area contributed by atoms with E-state index in [0.717, 1.165) is 28.5 Å². The Morgan fingerprint density at radius 1 is 1.12 bits per heavy atom. The van der Waals surface area contributed by atoms with Crippen LogP contribution >= 0.6 is 0 Å². The van der Waals surface area contributed by atoms with Crippen molar-refractivity contribution in [3.8, 4) is 11.5 Å². The summed E-state index contributed by atoms with van der Waals surface area (Å²) in [5.41, 5.74) is 3.93. The number of rotatable bonds is 6. The SMILES string of the molecule is COc1cc(C=CC(=O)O)ccc1OCc1nc2ccccc2nc1C. The van der Waals surface area contributed by atoms with Crippen LogP contribution in [0.5, 0.6) is 11.5 Å². The van der Waals surface area contributed by atoms with Crippen molar-refractivity contribution in [2.75, 3.05) is 7.11 Å². The van der Waals surface area contributed by atoms with Crippen LogP contribution in [0.3, 0.4) is 0 Å². The molecule has 0 aliphatic rings. The second kappa shape index (κ2) is 7.65. The number of ether oxygens (including phenoxy) is 2. The van der Waals surface area contributed by atoms with Gasteiger partial charge in [-0.2, -0.15) is 0 Å². The smallest absolute Gasteiger partial charge is 0.328 e. The number of benzene rings is 2. The fourth-order valence-electron chi connectivity index (χ4n) is 2.48. The van der Waals surface area contributed by atoms with Crippen LogP contribution in [0.4, 0.5) is 0 Å². The highest BCUT2D eigenvalue weighted by atomic mass is 16.5. The number of aromatic nitrogens is 2. The lowest BCUT2D eigenvalue weighted by Crippen LogP contribution is -2.04. The molecule has 0 unspecified atom stereocenters. The van der Waals surface area contributed by atoms with E-state index in [-0.39, 0.29) is 6.61 Å². The molecule has 0 saturated heterocycles. The van der Waals surface area contributed by atoms with E-state index in [4.69, 9.17) is 14.6 Å². The first-order chi connectivity index (χ1) is 12.6. The number of carbonyl (C=O) groups is 1. The molecule has 0 atom stereocenters. The Morgan fingerprint density at radius 2 is 1.85 bits per heavy atom. The largest absolute Gasteiger partial charge is 0.493 e. The van der Waals surface area contributed by atoms with Crippen molar-refractivity contribution in [1.29, 1.82) is 0 Å². The van der Waals surface area contributed by atoms with Crippen molar-refractivity contribution in [1.82, 2.24) is 9.97 Å². The number of nitrogens with zero attached hydrogens (tertiary/aromatic N) is 2. The lowest BCUT2D eigenvalue weighted by Gasteiger charge is -2.12. The van der Waals surface area contributed by atoms with Crippen LogP contribution in [-0.4, -0.2) is 28.2 Å². The van der Waals surface area contributed by atoms with Crippen molar-refractivity contribution in [3.63, 3.8) is 0 Å². The Balaban J connectivity index is 1.81. The lowest BCUT2D eigenvalue weighted by molar-refractivity contribution is -0.131. The van der Waals surface area contributed by atoms with Gasteiger partial charge >= 0.3 is 5.97 Å². The van der Waals surface area contributed by atoms with Crippen LogP contribution < -0.4 is 9.47 Å². The molecule has 0 aliphatic heterocycles. The minimum Gasteiger partial charge on any atom is -0.493 e. The molecular weight excluding hydrogens is 332 g/mol. The lowest BCUT2D eigenvalue weighted by atomic mass is 10.2. The zero-order valence-corrected chi connectivity index (χ0v) is 14.5. The van der Waals surface area contributed by atoms with Crippen LogP contribution in [-0.2, 0) is 11.4 Å². The third-order valence-electron chi connectivity index (χ3n) is 3.81. The van der Waals surface area contributed by atoms with Crippen molar-refractivity contribution in [2.24, 2.45) is 0 Å². The molecule has 0 bridgehead atoms. The number of hydrogen-bond donors (Lipinski definition) is 1. The fourth-order valence-corrected chi connectivity index (χ4v) is 2.48. The standard InChI is InChI=1S/C20H18N2O4/c1-13-17(22-16-6-4-3-5-15(16)21-13)12-26-18-9-7-14(8-10-20(23)24)11-19(18)25-2/h3-11H,12H2,1-2H3,(H,23,24). The minimum atomic E-state index is -1.00. The van der Waals surface area contributed by atoms with Gasteiger partial charge in [-0.1, -0.05) is 18.2 Å². The molecule has 0 radical (unpaired) electrons. The number of hydrogen-bond acceptors (Lipinski definition) is 5. The van der Waals surface area contributed by atoms with Gasteiger partial charge in [-0.3, -0.25) is 0 Å². The maximum absolute atomic E-state index is 10.6. The van der Waals surface area contributed by atoms with E-state index < -0.39 is 5.97 Å². The highest BCUT2D eigenvalue weighted by Crippen LogP contribution is 2.29. The first-order valence-electron chi connectivity index (χ1n) is 8.01. The fraction of sp³-hybridized carbons (Fsp3) is 0.150. The van der Waals surface area contributed by atoms with Crippen molar-refractivity contribution < 1.29 is 19.4 Å². The van der Waals surface area contributed by atoms with E-state index in [0.29, 0.717) is 17.1 Å². The molecule has 0 aliphatic carbocycles. The van der Waals surface area contributed by atoms with Gasteiger partial charge in [-0.25, -0.2) is 14.8 Å². The Hall–Kier alpha value is -3.41. The van der Waals surface area contributed by atoms with Crippen molar-refractivity contribution in [3.05, 3.63) is 65.5 Å². The summed E-state index contributed by atoms with van der Waals surface area (Å²) in [7, 11) is 1.54. The van der Waals surface area contributed by atoms with Gasteiger partial charge in [0.25, 0.3) is 0 Å². The molecule has 3 rings (SSSR count). The van der Waals surface area contributed by atoms with Crippen LogP contribution in [0.15, 0.2) is 48.5 Å². The number of carboxylic acid groups (broad SMARTS) is 1. The third kappa shape index (κ3) is 3.97. The molecule has 3 aromatic rings. The Morgan fingerprint density at radius 3 is 2.54 bits per heavy atom. The summed E-state index contributed by atoms with van der Waals surface area (Å²) in [6, 6.07) is 12.9. The number of fused-ring (bicyclic) bond motifs is 1. The van der Waals surface area contributed by atoms with E-state index in [1.54, 1.807) is 18.2 Å². The van der Waals surface area contributed by atoms with Crippen LogP contribution in [0, 0.1) is 6.92 Å². The van der Waals surface area contributed by atoms with Crippen LogP contribution in [0.1, 0.15) is 17.0 Å². The Kier molecular flexibility index (Phi) is 5.12. The molecule has 26 heavy (non-hydrogen) atoms. The quantitative estimate of drug-likeness (QED) is 0.684. The van der Waals surface area contributed by atoms with E-state index in [1.807, 2.05) is 31.2 Å². The van der Waals surface area contributed by atoms with Gasteiger partial charge < -0.3 is 14.6 Å². The maximum atomic E-state index is 10.6. The summed E-state index contributed by atoms with van der Waals surface area (Å²) in [4.78, 5) is 19.8. The molecule has 0 saturated carbocycles. The summed E-state index contributed by atoms with van der Waals surface area (Å²) >= 11 is 0. The molecule has 0 fully saturated rings. The Bertz CT molecular complexity index is 983. The van der Waals surface area contributed by atoms with Gasteiger partial charge in [-0.15, -0.1) is 0 Å². The van der Waals surface area contributed by atoms with Gasteiger partial charge in [0.15, 0.2) is 11.5 Å². The number of methoxy groups -OCH3 is 1. The van der Waals surface area contributed by atoms with E-state index >= 15 is 0 Å². The van der Waals surface area contributed by atoms with Crippen LogP contribution in [0.2, 0.25) is 0 Å². The molecular formula is C20H18N2O4. The second-order valence-corrected chi connectivity index (χ2v) is 5.61. The minimum absolute atomic E-state index is 0.254. The third-order valence-corrected chi connectivity index (χ3v) is 3.81. The molecule has 1 N–H and O–H groups in total. The summed E-state index contributed by atoms with van der Waals surface area (Å²) < 4.78 is 11.2. The van der Waals surface area contributed by atoms with Gasteiger partial charge in [0, 0.05) is 6.08 Å². The molecule has 1 heterocycles. The molecule has 6 nitrogen and oxygen atoms in total. The summed E-state index contributed by atoms with van der Waals surface area (Å²) in [5, 5.41) is 8.71. The highest BCUT2D eigenvalue weighted by molar-refractivity contribution is 5.85. The molecule has 0 amide bonds. The first-order valence-corrected chi connectivity index (χ1v) is 8.01. The molecule has 2 aromatic carbocycles. The van der Waals surface area contributed by atoms with E-state index in [1.165, 1.54) is 13.2 Å². The predicted octanol–water partition coefficient (Wildman–Crippen LogP) is 3.62. The van der Waals surface area contributed by atoms with Gasteiger partial charge in [0.1, 0.15) is 6.61 Å². The van der Waals surface area contributed by atoms with Crippen molar-refractivity contribution in [2.45, 2.75) is 13.5 Å². The van der Waals surface area contributed by atoms with Crippen LogP contribution in [0.25, 0.3) is 17.1 Å². The summed E-state index contributed by atoms with van der Waals surface area (Å²) in [6.07, 6.45) is 2.57. The molecule has 1 aromatic heterocycles. The highest BCUT2D eigenvalue weighted by Gasteiger charge is 2.09. The first kappa shape index (κ1) is 17.4. The summed E-state index contributed by atoms with van der Waals surface area (Å²) in [6.45, 7) is 2.15. The molecule has 132 valence electrons. The maximum Gasteiger partial charge on any atom is 0.328 e.